The lowest BCUT2D eigenvalue weighted by molar-refractivity contribution is -0.147. The zero-order chi connectivity index (χ0) is 18.4. The van der Waals surface area contributed by atoms with Gasteiger partial charge < -0.3 is 0 Å². The first kappa shape index (κ1) is 19.5. The van der Waals surface area contributed by atoms with Crippen LogP contribution in [0.15, 0.2) is 0 Å². The number of nitrogens with zero attached hydrogens (tertiary/aromatic N) is 1. The molecule has 0 spiro atoms. The van der Waals surface area contributed by atoms with Crippen LogP contribution in [0.25, 0.3) is 0 Å². The minimum Gasteiger partial charge on any atom is -0.279 e. The van der Waals surface area contributed by atoms with E-state index in [2.05, 4.69) is 48.5 Å². The van der Waals surface area contributed by atoms with Crippen LogP contribution in [0, 0.1) is 34.5 Å². The van der Waals surface area contributed by atoms with Crippen LogP contribution in [0.3, 0.4) is 0 Å². The topological polar surface area (TPSA) is 37.4 Å². The van der Waals surface area contributed by atoms with Gasteiger partial charge in [-0.3, -0.25) is 14.5 Å². The maximum atomic E-state index is 13.4. The van der Waals surface area contributed by atoms with Gasteiger partial charge >= 0.3 is 0 Å². The number of imide groups is 1. The third kappa shape index (κ3) is 3.15. The van der Waals surface area contributed by atoms with Crippen LogP contribution >= 0.6 is 0 Å². The van der Waals surface area contributed by atoms with Gasteiger partial charge in [-0.1, -0.05) is 68.2 Å². The van der Waals surface area contributed by atoms with E-state index in [1.807, 2.05) is 6.92 Å². The molecule has 1 saturated carbocycles. The van der Waals surface area contributed by atoms with Gasteiger partial charge in [-0.2, -0.15) is 0 Å². The van der Waals surface area contributed by atoms with Gasteiger partial charge in [0.05, 0.1) is 5.92 Å². The minimum absolute atomic E-state index is 0.0693. The lowest BCUT2D eigenvalue weighted by atomic mass is 9.67. The SMILES string of the molecule is CC1C(=O)N([C@H]2CCCC[C@H]2C(C)(C)C)C(=O)[C@H]1C(C)(C)C(C)C. The summed E-state index contributed by atoms with van der Waals surface area (Å²) in [5.74, 6) is 0.552. The fourth-order valence-corrected chi connectivity index (χ4v) is 4.91. The van der Waals surface area contributed by atoms with Gasteiger partial charge in [-0.05, 0) is 35.5 Å². The molecule has 1 heterocycles. The second kappa shape index (κ2) is 6.46. The highest BCUT2D eigenvalue weighted by Crippen LogP contribution is 2.48. The van der Waals surface area contributed by atoms with E-state index in [4.69, 9.17) is 0 Å². The van der Waals surface area contributed by atoms with Gasteiger partial charge in [0.1, 0.15) is 0 Å². The Morgan fingerprint density at radius 2 is 1.50 bits per heavy atom. The molecule has 2 amide bonds. The average Bonchev–Trinajstić information content (AvgIpc) is 2.68. The Kier molecular flexibility index (Phi) is 5.24. The van der Waals surface area contributed by atoms with E-state index in [9.17, 15) is 9.59 Å². The lowest BCUT2D eigenvalue weighted by Crippen LogP contribution is -2.50. The van der Waals surface area contributed by atoms with Crippen molar-refractivity contribution in [3.63, 3.8) is 0 Å². The molecule has 2 aliphatic rings. The predicted octanol–water partition coefficient (Wildman–Crippen LogP) is 4.89. The van der Waals surface area contributed by atoms with E-state index in [-0.39, 0.29) is 40.5 Å². The van der Waals surface area contributed by atoms with Crippen molar-refractivity contribution >= 4 is 11.8 Å². The van der Waals surface area contributed by atoms with E-state index in [0.29, 0.717) is 11.8 Å². The molecular formula is C21H37NO2. The molecule has 0 aromatic rings. The van der Waals surface area contributed by atoms with Gasteiger partial charge in [-0.25, -0.2) is 0 Å². The van der Waals surface area contributed by atoms with Crippen LogP contribution in [0.4, 0.5) is 0 Å². The van der Waals surface area contributed by atoms with E-state index >= 15 is 0 Å². The standard InChI is InChI=1S/C21H37NO2/c1-13(2)21(7,8)17-14(3)18(23)22(19(17)24)16-12-10-9-11-15(16)20(4,5)6/h13-17H,9-12H2,1-8H3/t14?,15-,16+,17+/m1/s1. The van der Waals surface area contributed by atoms with Crippen LogP contribution in [0.5, 0.6) is 0 Å². The molecule has 3 heteroatoms. The van der Waals surface area contributed by atoms with Crippen molar-refractivity contribution in [1.29, 1.82) is 0 Å². The molecular weight excluding hydrogens is 298 g/mol. The molecule has 2 rings (SSSR count). The van der Waals surface area contributed by atoms with Crippen molar-refractivity contribution in [2.45, 2.75) is 87.1 Å². The fraction of sp³-hybridized carbons (Fsp3) is 0.905. The monoisotopic (exact) mass is 335 g/mol. The van der Waals surface area contributed by atoms with Crippen LogP contribution < -0.4 is 0 Å². The molecule has 0 aromatic heterocycles. The molecule has 1 aliphatic heterocycles. The molecule has 0 aromatic carbocycles. The van der Waals surface area contributed by atoms with Gasteiger partial charge in [0, 0.05) is 12.0 Å². The van der Waals surface area contributed by atoms with Crippen LogP contribution in [-0.2, 0) is 9.59 Å². The second-order valence-electron chi connectivity index (χ2n) is 10.1. The number of hydrogen-bond acceptors (Lipinski definition) is 2. The Morgan fingerprint density at radius 1 is 0.958 bits per heavy atom. The van der Waals surface area contributed by atoms with E-state index in [1.54, 1.807) is 4.90 Å². The molecule has 0 N–H and O–H groups in total. The first-order valence-electron chi connectivity index (χ1n) is 9.77. The summed E-state index contributed by atoms with van der Waals surface area (Å²) in [6.45, 7) is 17.3. The van der Waals surface area contributed by atoms with Gasteiger partial charge in [-0.15, -0.1) is 0 Å². The number of carbonyl (C=O) groups is 2. The molecule has 1 saturated heterocycles. The Hall–Kier alpha value is -0.860. The smallest absolute Gasteiger partial charge is 0.233 e. The van der Waals surface area contributed by atoms with Crippen molar-refractivity contribution in [3.8, 4) is 0 Å². The normalized spacial score (nSPS) is 32.8. The molecule has 1 unspecified atom stereocenters. The van der Waals surface area contributed by atoms with E-state index in [1.165, 1.54) is 6.42 Å². The second-order valence-corrected chi connectivity index (χ2v) is 10.1. The van der Waals surface area contributed by atoms with E-state index < -0.39 is 0 Å². The summed E-state index contributed by atoms with van der Waals surface area (Å²) < 4.78 is 0. The highest BCUT2D eigenvalue weighted by atomic mass is 16.2. The Labute approximate surface area is 148 Å². The Morgan fingerprint density at radius 3 is 2.00 bits per heavy atom. The number of likely N-dealkylation sites (tertiary alicyclic amines) is 1. The van der Waals surface area contributed by atoms with Gasteiger partial charge in [0.2, 0.25) is 11.8 Å². The van der Waals surface area contributed by atoms with Crippen molar-refractivity contribution in [1.82, 2.24) is 4.90 Å². The molecule has 2 fully saturated rings. The molecule has 0 bridgehead atoms. The largest absolute Gasteiger partial charge is 0.279 e. The summed E-state index contributed by atoms with van der Waals surface area (Å²) in [5.41, 5.74) is -0.0344. The first-order valence-corrected chi connectivity index (χ1v) is 9.77. The first-order chi connectivity index (χ1) is 10.9. The third-order valence-electron chi connectivity index (χ3n) is 7.09. The zero-order valence-electron chi connectivity index (χ0n) is 17.0. The molecule has 0 radical (unpaired) electrons. The lowest BCUT2D eigenvalue weighted by Gasteiger charge is -2.44. The molecule has 1 aliphatic carbocycles. The van der Waals surface area contributed by atoms with E-state index in [0.717, 1.165) is 19.3 Å². The molecule has 138 valence electrons. The number of carbonyl (C=O) groups excluding carboxylic acids is 2. The summed E-state index contributed by atoms with van der Waals surface area (Å²) in [5, 5.41) is 0. The molecule has 3 nitrogen and oxygen atoms in total. The summed E-state index contributed by atoms with van der Waals surface area (Å²) >= 11 is 0. The molecule has 4 atom stereocenters. The predicted molar refractivity (Wildman–Crippen MR) is 98.3 cm³/mol. The van der Waals surface area contributed by atoms with Crippen LogP contribution in [0.2, 0.25) is 0 Å². The van der Waals surface area contributed by atoms with Crippen LogP contribution in [-0.4, -0.2) is 22.8 Å². The maximum Gasteiger partial charge on any atom is 0.233 e. The highest BCUT2D eigenvalue weighted by molar-refractivity contribution is 6.05. The van der Waals surface area contributed by atoms with Crippen molar-refractivity contribution in [3.05, 3.63) is 0 Å². The maximum absolute atomic E-state index is 13.4. The quantitative estimate of drug-likeness (QED) is 0.688. The van der Waals surface area contributed by atoms with Crippen LogP contribution in [0.1, 0.15) is 81.1 Å². The fourth-order valence-electron chi connectivity index (χ4n) is 4.91. The Balaban J connectivity index is 2.37. The van der Waals surface area contributed by atoms with Crippen molar-refractivity contribution < 1.29 is 9.59 Å². The van der Waals surface area contributed by atoms with Crippen molar-refractivity contribution in [2.24, 2.45) is 34.5 Å². The number of hydrogen-bond donors (Lipinski definition) is 0. The zero-order valence-corrected chi connectivity index (χ0v) is 17.0. The molecule has 24 heavy (non-hydrogen) atoms. The van der Waals surface area contributed by atoms with Gasteiger partial charge in [0.15, 0.2) is 0 Å². The minimum atomic E-state index is -0.197. The number of amides is 2. The number of rotatable bonds is 3. The summed E-state index contributed by atoms with van der Waals surface area (Å²) in [7, 11) is 0. The van der Waals surface area contributed by atoms with Gasteiger partial charge in [0.25, 0.3) is 0 Å². The third-order valence-corrected chi connectivity index (χ3v) is 7.09. The average molecular weight is 336 g/mol. The Bertz CT molecular complexity index is 500. The summed E-state index contributed by atoms with van der Waals surface area (Å²) in [6.07, 6.45) is 4.44. The summed E-state index contributed by atoms with van der Waals surface area (Å²) in [6, 6.07) is 0.0918. The summed E-state index contributed by atoms with van der Waals surface area (Å²) in [4.78, 5) is 28.1. The van der Waals surface area contributed by atoms with Crippen molar-refractivity contribution in [2.75, 3.05) is 0 Å². The highest BCUT2D eigenvalue weighted by Gasteiger charge is 2.56.